The smallest absolute Gasteiger partial charge is 0.180 e. The zero-order valence-corrected chi connectivity index (χ0v) is 14.9. The fourth-order valence-electron chi connectivity index (χ4n) is 3.45. The van der Waals surface area contributed by atoms with Gasteiger partial charge in [0.15, 0.2) is 11.5 Å². The highest BCUT2D eigenvalue weighted by Crippen LogP contribution is 2.24. The molecule has 0 bridgehead atoms. The molecule has 1 fully saturated rings. The maximum Gasteiger partial charge on any atom is 0.180 e. The van der Waals surface area contributed by atoms with Crippen molar-refractivity contribution in [3.05, 3.63) is 48.2 Å². The van der Waals surface area contributed by atoms with Crippen LogP contribution in [0.25, 0.3) is 5.65 Å². The molecule has 1 saturated carbocycles. The fraction of sp³-hybridized carbons (Fsp3) is 0.421. The van der Waals surface area contributed by atoms with Gasteiger partial charge in [-0.1, -0.05) is 18.9 Å². The maximum absolute atomic E-state index is 10.2. The molecule has 1 aliphatic rings. The number of hydrogen-bond donors (Lipinski definition) is 3. The number of aliphatic hydroxyl groups excluding tert-OH is 1. The minimum absolute atomic E-state index is 0.0451. The van der Waals surface area contributed by atoms with Gasteiger partial charge in [0, 0.05) is 30.8 Å². The van der Waals surface area contributed by atoms with Crippen molar-refractivity contribution >= 4 is 17.3 Å². The molecule has 7 nitrogen and oxygen atoms in total. The molecule has 3 aromatic heterocycles. The number of aryl methyl sites for hydroxylation is 1. The number of anilines is 2. The summed E-state index contributed by atoms with van der Waals surface area (Å²) in [6.07, 6.45) is 11.1. The van der Waals surface area contributed by atoms with E-state index in [9.17, 15) is 5.11 Å². The molecule has 0 spiro atoms. The molecule has 0 aliphatic heterocycles. The Balaban J connectivity index is 1.60. The summed E-state index contributed by atoms with van der Waals surface area (Å²) >= 11 is 0. The van der Waals surface area contributed by atoms with Crippen LogP contribution in [-0.2, 0) is 6.54 Å². The van der Waals surface area contributed by atoms with E-state index in [1.807, 2.05) is 42.0 Å². The van der Waals surface area contributed by atoms with Crippen LogP contribution in [0.15, 0.2) is 36.9 Å². The van der Waals surface area contributed by atoms with Crippen molar-refractivity contribution in [2.45, 2.75) is 51.3 Å². The van der Waals surface area contributed by atoms with E-state index in [1.165, 1.54) is 0 Å². The van der Waals surface area contributed by atoms with Gasteiger partial charge in [-0.2, -0.15) is 0 Å². The van der Waals surface area contributed by atoms with E-state index < -0.39 is 0 Å². The first-order chi connectivity index (χ1) is 12.7. The van der Waals surface area contributed by atoms with Crippen molar-refractivity contribution in [3.63, 3.8) is 0 Å². The van der Waals surface area contributed by atoms with Gasteiger partial charge in [-0.3, -0.25) is 9.38 Å². The number of nitrogens with zero attached hydrogens (tertiary/aromatic N) is 4. The molecule has 136 valence electrons. The van der Waals surface area contributed by atoms with E-state index in [2.05, 4.69) is 20.6 Å². The van der Waals surface area contributed by atoms with Crippen molar-refractivity contribution in [2.24, 2.45) is 0 Å². The van der Waals surface area contributed by atoms with Crippen molar-refractivity contribution in [3.8, 4) is 0 Å². The second-order valence-corrected chi connectivity index (χ2v) is 6.89. The van der Waals surface area contributed by atoms with Crippen LogP contribution < -0.4 is 10.6 Å². The van der Waals surface area contributed by atoms with Gasteiger partial charge in [-0.15, -0.1) is 0 Å². The standard InChI is InChI=1S/C19H24N6O/c1-13-9-22-19-18(21-11-14-5-4-8-20-10-14)24-17(12-25(13)19)23-15-6-2-3-7-16(15)26/h4-5,8-10,12,15-16,23,26H,2-3,6-7,11H2,1H3,(H,21,24). The van der Waals surface area contributed by atoms with Crippen LogP contribution in [0.4, 0.5) is 11.6 Å². The highest BCUT2D eigenvalue weighted by atomic mass is 16.3. The van der Waals surface area contributed by atoms with Gasteiger partial charge in [-0.25, -0.2) is 9.97 Å². The summed E-state index contributed by atoms with van der Waals surface area (Å²) in [6.45, 7) is 2.64. The Bertz CT molecular complexity index is 878. The molecule has 1 aliphatic carbocycles. The number of pyridine rings is 1. The zero-order valence-electron chi connectivity index (χ0n) is 14.9. The number of fused-ring (bicyclic) bond motifs is 1. The minimum Gasteiger partial charge on any atom is -0.391 e. The van der Waals surface area contributed by atoms with E-state index >= 15 is 0 Å². The van der Waals surface area contributed by atoms with Gasteiger partial charge < -0.3 is 15.7 Å². The largest absolute Gasteiger partial charge is 0.391 e. The van der Waals surface area contributed by atoms with Gasteiger partial charge in [0.1, 0.15) is 5.82 Å². The third-order valence-corrected chi connectivity index (χ3v) is 4.92. The van der Waals surface area contributed by atoms with Crippen LogP contribution in [0.3, 0.4) is 0 Å². The molecular weight excluding hydrogens is 328 g/mol. The average molecular weight is 352 g/mol. The Morgan fingerprint density at radius 3 is 2.96 bits per heavy atom. The fourth-order valence-corrected chi connectivity index (χ4v) is 3.45. The average Bonchev–Trinajstić information content (AvgIpc) is 3.04. The van der Waals surface area contributed by atoms with Crippen molar-refractivity contribution in [1.29, 1.82) is 0 Å². The van der Waals surface area contributed by atoms with E-state index in [0.29, 0.717) is 6.54 Å². The first kappa shape index (κ1) is 16.8. The van der Waals surface area contributed by atoms with Crippen molar-refractivity contribution < 1.29 is 5.11 Å². The third kappa shape index (κ3) is 3.48. The summed E-state index contributed by atoms with van der Waals surface area (Å²) in [6, 6.07) is 3.99. The number of imidazole rings is 1. The Morgan fingerprint density at radius 1 is 1.27 bits per heavy atom. The first-order valence-corrected chi connectivity index (χ1v) is 9.13. The first-order valence-electron chi connectivity index (χ1n) is 9.13. The molecule has 4 rings (SSSR count). The lowest BCUT2D eigenvalue weighted by Gasteiger charge is -2.29. The SMILES string of the molecule is Cc1cnc2c(NCc3cccnc3)nc(NC3CCCCC3O)cn12. The van der Waals surface area contributed by atoms with Crippen LogP contribution in [0, 0.1) is 6.92 Å². The summed E-state index contributed by atoms with van der Waals surface area (Å²) in [5.74, 6) is 1.47. The molecule has 3 aromatic rings. The molecule has 0 radical (unpaired) electrons. The molecule has 26 heavy (non-hydrogen) atoms. The molecule has 0 aromatic carbocycles. The monoisotopic (exact) mass is 352 g/mol. The lowest BCUT2D eigenvalue weighted by atomic mass is 9.93. The summed E-state index contributed by atoms with van der Waals surface area (Å²) in [4.78, 5) is 13.3. The predicted molar refractivity (Wildman–Crippen MR) is 101 cm³/mol. The number of rotatable bonds is 5. The van der Waals surface area contributed by atoms with E-state index in [1.54, 1.807) is 6.20 Å². The quantitative estimate of drug-likeness (QED) is 0.654. The highest BCUT2D eigenvalue weighted by Gasteiger charge is 2.23. The second kappa shape index (κ2) is 7.29. The summed E-state index contributed by atoms with van der Waals surface area (Å²) in [5, 5.41) is 17.0. The number of aromatic nitrogens is 4. The molecule has 7 heteroatoms. The molecular formula is C19H24N6O. The van der Waals surface area contributed by atoms with E-state index in [-0.39, 0.29) is 12.1 Å². The number of nitrogens with one attached hydrogen (secondary N) is 2. The van der Waals surface area contributed by atoms with Crippen molar-refractivity contribution in [2.75, 3.05) is 10.6 Å². The summed E-state index contributed by atoms with van der Waals surface area (Å²) < 4.78 is 2.02. The lowest BCUT2D eigenvalue weighted by molar-refractivity contribution is 0.116. The van der Waals surface area contributed by atoms with Gasteiger partial charge in [-0.05, 0) is 31.4 Å². The zero-order chi connectivity index (χ0) is 17.9. The van der Waals surface area contributed by atoms with Crippen LogP contribution >= 0.6 is 0 Å². The second-order valence-electron chi connectivity index (χ2n) is 6.89. The Hall–Kier alpha value is -2.67. The maximum atomic E-state index is 10.2. The third-order valence-electron chi connectivity index (χ3n) is 4.92. The van der Waals surface area contributed by atoms with Crippen LogP contribution in [0.1, 0.15) is 36.9 Å². The molecule has 0 amide bonds. The Kier molecular flexibility index (Phi) is 4.71. The predicted octanol–water partition coefficient (Wildman–Crippen LogP) is 2.76. The minimum atomic E-state index is -0.322. The number of aliphatic hydroxyl groups is 1. The van der Waals surface area contributed by atoms with Gasteiger partial charge >= 0.3 is 0 Å². The Morgan fingerprint density at radius 2 is 2.15 bits per heavy atom. The highest BCUT2D eigenvalue weighted by molar-refractivity contribution is 5.66. The Labute approximate surface area is 152 Å². The van der Waals surface area contributed by atoms with Gasteiger partial charge in [0.2, 0.25) is 0 Å². The molecule has 2 atom stereocenters. The van der Waals surface area contributed by atoms with Gasteiger partial charge in [0.05, 0.1) is 18.3 Å². The van der Waals surface area contributed by atoms with Crippen molar-refractivity contribution in [1.82, 2.24) is 19.4 Å². The molecule has 3 N–H and O–H groups in total. The summed E-state index contributed by atoms with van der Waals surface area (Å²) in [7, 11) is 0. The lowest BCUT2D eigenvalue weighted by Crippen LogP contribution is -2.36. The van der Waals surface area contributed by atoms with Crippen LogP contribution in [-0.4, -0.2) is 36.6 Å². The number of hydrogen-bond acceptors (Lipinski definition) is 6. The van der Waals surface area contributed by atoms with E-state index in [0.717, 1.165) is 54.2 Å². The molecule has 0 saturated heterocycles. The van der Waals surface area contributed by atoms with E-state index in [4.69, 9.17) is 4.98 Å². The molecule has 3 heterocycles. The van der Waals surface area contributed by atoms with Crippen LogP contribution in [0.5, 0.6) is 0 Å². The van der Waals surface area contributed by atoms with Gasteiger partial charge in [0.25, 0.3) is 0 Å². The normalized spacial score (nSPS) is 20.2. The molecule has 2 unspecified atom stereocenters. The topological polar surface area (TPSA) is 87.4 Å². The summed E-state index contributed by atoms with van der Waals surface area (Å²) in [5.41, 5.74) is 2.91. The van der Waals surface area contributed by atoms with Crippen LogP contribution in [0.2, 0.25) is 0 Å².